The van der Waals surface area contributed by atoms with Crippen LogP contribution in [0.25, 0.3) is 33.9 Å². The maximum Gasteiger partial charge on any atom is 0.322 e. The number of hydrogen-bond acceptors (Lipinski definition) is 5. The first-order valence-electron chi connectivity index (χ1n) is 11.4. The predicted octanol–water partition coefficient (Wildman–Crippen LogP) is 6.46. The number of nitrogens with one attached hydrogen (secondary N) is 1. The van der Waals surface area contributed by atoms with Crippen molar-refractivity contribution in [2.45, 2.75) is 19.6 Å². The van der Waals surface area contributed by atoms with Gasteiger partial charge in [-0.15, -0.1) is 5.10 Å². The number of nitrogens with zero attached hydrogens (tertiary/aromatic N) is 2. The van der Waals surface area contributed by atoms with Crippen LogP contribution < -0.4 is 10.5 Å². The molecule has 0 fully saturated rings. The van der Waals surface area contributed by atoms with Gasteiger partial charge in [0.15, 0.2) is 5.76 Å². The Morgan fingerprint density at radius 2 is 1.43 bits per heavy atom. The maximum absolute atomic E-state index is 12.8. The third-order valence-corrected chi connectivity index (χ3v) is 7.87. The summed E-state index contributed by atoms with van der Waals surface area (Å²) in [6.07, 6.45) is 1.51. The van der Waals surface area contributed by atoms with Gasteiger partial charge in [0.2, 0.25) is 0 Å². The Balaban J connectivity index is 1.31. The van der Waals surface area contributed by atoms with E-state index in [4.69, 9.17) is 8.83 Å². The molecule has 1 amide bonds. The smallest absolute Gasteiger partial charge is 0.322 e. The number of hydrogen-bond donors (Lipinski definition) is 1. The minimum Gasteiger partial charge on any atom is -0.459 e. The van der Waals surface area contributed by atoms with Gasteiger partial charge in [-0.25, -0.2) is 0 Å². The second kappa shape index (κ2) is 9.19. The molecule has 0 aliphatic rings. The first kappa shape index (κ1) is 22.6. The number of carbonyl (C=O) groups is 1. The van der Waals surface area contributed by atoms with Crippen molar-refractivity contribution in [2.75, 3.05) is 5.32 Å². The van der Waals surface area contributed by atoms with Crippen molar-refractivity contribution in [3.8, 4) is 33.9 Å². The van der Waals surface area contributed by atoms with E-state index in [1.807, 2.05) is 18.2 Å². The number of aromatic nitrogens is 2. The lowest BCUT2D eigenvalue weighted by Crippen LogP contribution is -2.37. The summed E-state index contributed by atoms with van der Waals surface area (Å²) < 4.78 is 10.7. The summed E-state index contributed by atoms with van der Waals surface area (Å²) in [5, 5.41) is 11.9. The highest BCUT2D eigenvalue weighted by Gasteiger charge is 2.16. The molecule has 35 heavy (non-hydrogen) atoms. The first-order chi connectivity index (χ1) is 16.9. The van der Waals surface area contributed by atoms with Gasteiger partial charge in [0.25, 0.3) is 11.8 Å². The van der Waals surface area contributed by atoms with Crippen molar-refractivity contribution in [3.05, 3.63) is 96.8 Å². The van der Waals surface area contributed by atoms with E-state index in [0.29, 0.717) is 11.3 Å². The minimum absolute atomic E-state index is 0.0105. The number of amides is 1. The molecule has 5 aromatic rings. The highest BCUT2D eigenvalue weighted by Crippen LogP contribution is 2.26. The normalized spacial score (nSPS) is 11.4. The Morgan fingerprint density at radius 3 is 2.06 bits per heavy atom. The molecule has 6 nitrogen and oxygen atoms in total. The summed E-state index contributed by atoms with van der Waals surface area (Å²) in [7, 11) is -1.31. The summed E-state index contributed by atoms with van der Waals surface area (Å²) >= 11 is 0. The second-order valence-corrected chi connectivity index (χ2v) is 14.4. The Bertz CT molecular complexity index is 1450. The van der Waals surface area contributed by atoms with Crippen LogP contribution in [0.4, 0.5) is 6.01 Å². The molecule has 0 bridgehead atoms. The number of anilines is 1. The van der Waals surface area contributed by atoms with Gasteiger partial charge in [-0.3, -0.25) is 10.1 Å². The Hall–Kier alpha value is -4.23. The molecule has 0 aliphatic heterocycles. The van der Waals surface area contributed by atoms with Gasteiger partial charge >= 0.3 is 6.01 Å². The van der Waals surface area contributed by atoms with Gasteiger partial charge in [-0.2, -0.15) is 0 Å². The largest absolute Gasteiger partial charge is 0.459 e. The fourth-order valence-corrected chi connectivity index (χ4v) is 4.97. The molecule has 0 atom stereocenters. The van der Waals surface area contributed by atoms with Gasteiger partial charge in [0.05, 0.1) is 14.3 Å². The molecule has 0 saturated heterocycles. The molecule has 3 aromatic carbocycles. The van der Waals surface area contributed by atoms with Crippen molar-refractivity contribution in [1.82, 2.24) is 10.2 Å². The SMILES string of the molecule is C[Si](C)(C)c1ccc(-c2ccc(-c3cccc(C(=O)Nc4nnc(-c5ccco5)o4)c3)cc2)cc1. The number of carbonyl (C=O) groups excluding carboxylic acids is 1. The molecule has 2 aromatic heterocycles. The van der Waals surface area contributed by atoms with E-state index in [0.717, 1.165) is 16.7 Å². The van der Waals surface area contributed by atoms with E-state index in [1.165, 1.54) is 17.0 Å². The highest BCUT2D eigenvalue weighted by molar-refractivity contribution is 6.88. The van der Waals surface area contributed by atoms with Crippen molar-refractivity contribution in [2.24, 2.45) is 0 Å². The van der Waals surface area contributed by atoms with Crippen LogP contribution >= 0.6 is 0 Å². The molecule has 0 aliphatic carbocycles. The van der Waals surface area contributed by atoms with E-state index >= 15 is 0 Å². The summed E-state index contributed by atoms with van der Waals surface area (Å²) in [5.41, 5.74) is 4.82. The van der Waals surface area contributed by atoms with Crippen molar-refractivity contribution >= 4 is 25.2 Å². The Kier molecular flexibility index (Phi) is 5.92. The lowest BCUT2D eigenvalue weighted by Gasteiger charge is -2.16. The zero-order valence-corrected chi connectivity index (χ0v) is 20.8. The third kappa shape index (κ3) is 5.00. The molecule has 7 heteroatoms. The summed E-state index contributed by atoms with van der Waals surface area (Å²) in [5.74, 6) is 0.310. The maximum atomic E-state index is 12.8. The molecule has 0 radical (unpaired) electrons. The van der Waals surface area contributed by atoms with Gasteiger partial charge in [0.1, 0.15) is 0 Å². The molecular weight excluding hydrogens is 454 g/mol. The van der Waals surface area contributed by atoms with Crippen LogP contribution in [0.2, 0.25) is 19.6 Å². The van der Waals surface area contributed by atoms with Crippen LogP contribution in [0.5, 0.6) is 0 Å². The fraction of sp³-hybridized carbons (Fsp3) is 0.107. The molecule has 2 heterocycles. The molecule has 174 valence electrons. The molecule has 0 spiro atoms. The van der Waals surface area contributed by atoms with Gasteiger partial charge in [-0.05, 0) is 46.5 Å². The summed E-state index contributed by atoms with van der Waals surface area (Å²) in [6, 6.07) is 28.1. The van der Waals surface area contributed by atoms with Crippen molar-refractivity contribution in [3.63, 3.8) is 0 Å². The van der Waals surface area contributed by atoms with Crippen molar-refractivity contribution in [1.29, 1.82) is 0 Å². The Morgan fingerprint density at radius 1 is 0.771 bits per heavy atom. The topological polar surface area (TPSA) is 81.2 Å². The zero-order valence-electron chi connectivity index (χ0n) is 19.8. The summed E-state index contributed by atoms with van der Waals surface area (Å²) in [6.45, 7) is 7.06. The summed E-state index contributed by atoms with van der Waals surface area (Å²) in [4.78, 5) is 12.8. The number of rotatable bonds is 6. The van der Waals surface area contributed by atoms with Crippen LogP contribution in [-0.2, 0) is 0 Å². The van der Waals surface area contributed by atoms with Crippen LogP contribution in [0.15, 0.2) is 100 Å². The predicted molar refractivity (Wildman–Crippen MR) is 140 cm³/mol. The Labute approximate surface area is 204 Å². The van der Waals surface area contributed by atoms with Crippen LogP contribution in [0, 0.1) is 0 Å². The van der Waals surface area contributed by atoms with E-state index in [2.05, 4.69) is 83.7 Å². The van der Waals surface area contributed by atoms with E-state index in [9.17, 15) is 4.79 Å². The molecule has 5 rings (SSSR count). The second-order valence-electron chi connectivity index (χ2n) is 9.33. The van der Waals surface area contributed by atoms with E-state index in [-0.39, 0.29) is 17.8 Å². The standard InChI is InChI=1S/C28H25N3O3Si/c1-35(2,3)24-15-13-20(14-16-24)19-9-11-21(12-10-19)22-6-4-7-23(18-22)26(32)29-28-31-30-27(34-28)25-8-5-17-33-25/h4-18H,1-3H3,(H,29,31,32). The van der Waals surface area contributed by atoms with Crippen LogP contribution in [0.1, 0.15) is 10.4 Å². The van der Waals surface area contributed by atoms with Crippen LogP contribution in [-0.4, -0.2) is 24.2 Å². The van der Waals surface area contributed by atoms with E-state index in [1.54, 1.807) is 18.2 Å². The monoisotopic (exact) mass is 479 g/mol. The zero-order chi connectivity index (χ0) is 24.4. The fourth-order valence-electron chi connectivity index (χ4n) is 3.80. The lowest BCUT2D eigenvalue weighted by molar-refractivity contribution is 0.102. The molecule has 0 saturated carbocycles. The quantitative estimate of drug-likeness (QED) is 0.283. The number of benzene rings is 3. The first-order valence-corrected chi connectivity index (χ1v) is 14.9. The third-order valence-electron chi connectivity index (χ3n) is 5.80. The highest BCUT2D eigenvalue weighted by atomic mass is 28.3. The van der Waals surface area contributed by atoms with Gasteiger partial charge in [0, 0.05) is 5.56 Å². The molecule has 1 N–H and O–H groups in total. The van der Waals surface area contributed by atoms with Crippen molar-refractivity contribution < 1.29 is 13.6 Å². The average molecular weight is 480 g/mol. The molecular formula is C28H25N3O3Si. The minimum atomic E-state index is -1.31. The number of furan rings is 1. The van der Waals surface area contributed by atoms with E-state index < -0.39 is 8.07 Å². The van der Waals surface area contributed by atoms with Crippen LogP contribution in [0.3, 0.4) is 0 Å². The van der Waals surface area contributed by atoms with Gasteiger partial charge in [-0.1, -0.05) is 90.6 Å². The lowest BCUT2D eigenvalue weighted by atomic mass is 9.99. The average Bonchev–Trinajstić information content (AvgIpc) is 3.56. The molecule has 0 unspecified atom stereocenters. The van der Waals surface area contributed by atoms with Gasteiger partial charge < -0.3 is 8.83 Å².